The topological polar surface area (TPSA) is 49.3 Å². The molecule has 2 N–H and O–H groups in total. The summed E-state index contributed by atoms with van der Waals surface area (Å²) in [7, 11) is 0. The van der Waals surface area contributed by atoms with Crippen molar-refractivity contribution >= 4 is 5.97 Å². The molecule has 1 aromatic rings. The van der Waals surface area contributed by atoms with Crippen molar-refractivity contribution in [3.63, 3.8) is 0 Å². The van der Waals surface area contributed by atoms with Crippen LogP contribution in [0.3, 0.4) is 0 Å². The molecule has 0 radical (unpaired) electrons. The van der Waals surface area contributed by atoms with Gasteiger partial charge in [0.25, 0.3) is 0 Å². The molecule has 1 aromatic carbocycles. The Hall–Kier alpha value is -1.42. The maximum absolute atomic E-state index is 13.5. The first-order valence-electron chi connectivity index (χ1n) is 6.74. The van der Waals surface area contributed by atoms with Crippen molar-refractivity contribution in [2.45, 2.75) is 46.2 Å². The van der Waals surface area contributed by atoms with Gasteiger partial charge in [0.2, 0.25) is 0 Å². The van der Waals surface area contributed by atoms with Crippen LogP contribution in [0.15, 0.2) is 18.2 Å². The van der Waals surface area contributed by atoms with E-state index in [-0.39, 0.29) is 5.56 Å². The standard InChI is InChI=1S/C15H22FNO2/c1-4-12(5-2)10(3)17-9-11-6-7-13(15(18)19)14(16)8-11/h6-8,10,12,17H,4-5,9H2,1-3H3,(H,18,19). The molecule has 0 saturated carbocycles. The molecule has 0 aliphatic carbocycles. The lowest BCUT2D eigenvalue weighted by Crippen LogP contribution is -2.32. The number of carboxylic acids is 1. The quantitative estimate of drug-likeness (QED) is 0.795. The number of carboxylic acid groups (broad SMARTS) is 1. The van der Waals surface area contributed by atoms with Gasteiger partial charge in [-0.15, -0.1) is 0 Å². The average Bonchev–Trinajstić information content (AvgIpc) is 2.37. The van der Waals surface area contributed by atoms with E-state index >= 15 is 0 Å². The molecule has 0 spiro atoms. The summed E-state index contributed by atoms with van der Waals surface area (Å²) >= 11 is 0. The molecule has 1 rings (SSSR count). The van der Waals surface area contributed by atoms with Gasteiger partial charge in [0.15, 0.2) is 0 Å². The van der Waals surface area contributed by atoms with Crippen LogP contribution < -0.4 is 5.32 Å². The average molecular weight is 267 g/mol. The van der Waals surface area contributed by atoms with E-state index in [4.69, 9.17) is 5.11 Å². The maximum atomic E-state index is 13.5. The lowest BCUT2D eigenvalue weighted by atomic mass is 9.95. The summed E-state index contributed by atoms with van der Waals surface area (Å²) < 4.78 is 13.5. The lowest BCUT2D eigenvalue weighted by Gasteiger charge is -2.22. The third-order valence-corrected chi connectivity index (χ3v) is 3.65. The summed E-state index contributed by atoms with van der Waals surface area (Å²) in [6, 6.07) is 4.61. The Balaban J connectivity index is 2.64. The van der Waals surface area contributed by atoms with Gasteiger partial charge in [0.1, 0.15) is 5.82 Å². The molecule has 1 unspecified atom stereocenters. The van der Waals surface area contributed by atoms with Crippen LogP contribution >= 0.6 is 0 Å². The Kier molecular flexibility index (Phi) is 5.96. The Morgan fingerprint density at radius 1 is 1.37 bits per heavy atom. The van der Waals surface area contributed by atoms with Crippen molar-refractivity contribution in [2.24, 2.45) is 5.92 Å². The minimum atomic E-state index is -1.23. The highest BCUT2D eigenvalue weighted by molar-refractivity contribution is 5.87. The minimum absolute atomic E-state index is 0.281. The molecular formula is C15H22FNO2. The van der Waals surface area contributed by atoms with E-state index in [2.05, 4.69) is 26.1 Å². The van der Waals surface area contributed by atoms with Crippen molar-refractivity contribution in [3.05, 3.63) is 35.1 Å². The van der Waals surface area contributed by atoms with Gasteiger partial charge in [-0.1, -0.05) is 32.8 Å². The zero-order valence-corrected chi connectivity index (χ0v) is 11.7. The SMILES string of the molecule is CCC(CC)C(C)NCc1ccc(C(=O)O)c(F)c1. The normalized spacial score (nSPS) is 12.7. The van der Waals surface area contributed by atoms with Crippen molar-refractivity contribution in [3.8, 4) is 0 Å². The van der Waals surface area contributed by atoms with Gasteiger partial charge in [-0.05, 0) is 30.5 Å². The van der Waals surface area contributed by atoms with Crippen LogP contribution in [0.1, 0.15) is 49.5 Å². The fourth-order valence-corrected chi connectivity index (χ4v) is 2.28. The predicted octanol–water partition coefficient (Wildman–Crippen LogP) is 3.44. The Morgan fingerprint density at radius 3 is 2.47 bits per heavy atom. The van der Waals surface area contributed by atoms with Gasteiger partial charge < -0.3 is 10.4 Å². The van der Waals surface area contributed by atoms with E-state index in [1.54, 1.807) is 6.07 Å². The number of aromatic carboxylic acids is 1. The van der Waals surface area contributed by atoms with Crippen LogP contribution in [-0.2, 0) is 6.54 Å². The van der Waals surface area contributed by atoms with Crippen LogP contribution in [-0.4, -0.2) is 17.1 Å². The van der Waals surface area contributed by atoms with Crippen molar-refractivity contribution in [1.29, 1.82) is 0 Å². The van der Waals surface area contributed by atoms with Gasteiger partial charge >= 0.3 is 5.97 Å². The van der Waals surface area contributed by atoms with E-state index in [0.717, 1.165) is 18.4 Å². The molecular weight excluding hydrogens is 245 g/mol. The molecule has 0 amide bonds. The van der Waals surface area contributed by atoms with E-state index in [0.29, 0.717) is 18.5 Å². The highest BCUT2D eigenvalue weighted by atomic mass is 19.1. The molecule has 3 nitrogen and oxygen atoms in total. The summed E-state index contributed by atoms with van der Waals surface area (Å²) in [5, 5.41) is 12.1. The molecule has 106 valence electrons. The second-order valence-corrected chi connectivity index (χ2v) is 4.87. The number of carbonyl (C=O) groups is 1. The molecule has 0 aliphatic rings. The number of rotatable bonds is 7. The highest BCUT2D eigenvalue weighted by Gasteiger charge is 2.14. The molecule has 0 heterocycles. The summed E-state index contributed by atoms with van der Waals surface area (Å²) in [6.45, 7) is 7.00. The third kappa shape index (κ3) is 4.31. The van der Waals surface area contributed by atoms with Gasteiger partial charge in [0.05, 0.1) is 5.56 Å². The van der Waals surface area contributed by atoms with Crippen LogP contribution in [0, 0.1) is 11.7 Å². The first-order chi connectivity index (χ1) is 8.99. The van der Waals surface area contributed by atoms with Crippen LogP contribution in [0.2, 0.25) is 0 Å². The Bertz CT molecular complexity index is 430. The van der Waals surface area contributed by atoms with Crippen LogP contribution in [0.25, 0.3) is 0 Å². The minimum Gasteiger partial charge on any atom is -0.478 e. The zero-order chi connectivity index (χ0) is 14.4. The van der Waals surface area contributed by atoms with Crippen molar-refractivity contribution in [2.75, 3.05) is 0 Å². The molecule has 19 heavy (non-hydrogen) atoms. The first-order valence-corrected chi connectivity index (χ1v) is 6.74. The summed E-state index contributed by atoms with van der Waals surface area (Å²) in [5.74, 6) is -1.31. The number of benzene rings is 1. The fourth-order valence-electron chi connectivity index (χ4n) is 2.28. The van der Waals surface area contributed by atoms with Gasteiger partial charge in [-0.25, -0.2) is 9.18 Å². The summed E-state index contributed by atoms with van der Waals surface area (Å²) in [5.41, 5.74) is 0.483. The molecule has 0 aromatic heterocycles. The number of hydrogen-bond acceptors (Lipinski definition) is 2. The smallest absolute Gasteiger partial charge is 0.338 e. The lowest BCUT2D eigenvalue weighted by molar-refractivity contribution is 0.0692. The Morgan fingerprint density at radius 2 is 2.00 bits per heavy atom. The molecule has 0 saturated heterocycles. The van der Waals surface area contributed by atoms with Gasteiger partial charge in [-0.3, -0.25) is 0 Å². The number of hydrogen-bond donors (Lipinski definition) is 2. The molecule has 1 atom stereocenters. The van der Waals surface area contributed by atoms with Crippen molar-refractivity contribution < 1.29 is 14.3 Å². The van der Waals surface area contributed by atoms with Gasteiger partial charge in [-0.2, -0.15) is 0 Å². The third-order valence-electron chi connectivity index (χ3n) is 3.65. The number of halogens is 1. The van der Waals surface area contributed by atoms with Crippen LogP contribution in [0.5, 0.6) is 0 Å². The summed E-state index contributed by atoms with van der Waals surface area (Å²) in [6.07, 6.45) is 2.22. The predicted molar refractivity (Wildman–Crippen MR) is 73.7 cm³/mol. The molecule has 0 aliphatic heterocycles. The molecule has 0 bridgehead atoms. The maximum Gasteiger partial charge on any atom is 0.338 e. The van der Waals surface area contributed by atoms with E-state index in [1.807, 2.05) is 0 Å². The monoisotopic (exact) mass is 267 g/mol. The largest absolute Gasteiger partial charge is 0.478 e. The first kappa shape index (κ1) is 15.6. The highest BCUT2D eigenvalue weighted by Crippen LogP contribution is 2.14. The van der Waals surface area contributed by atoms with Crippen LogP contribution in [0.4, 0.5) is 4.39 Å². The van der Waals surface area contributed by atoms with Gasteiger partial charge in [0, 0.05) is 12.6 Å². The van der Waals surface area contributed by atoms with E-state index < -0.39 is 11.8 Å². The fraction of sp³-hybridized carbons (Fsp3) is 0.533. The zero-order valence-electron chi connectivity index (χ0n) is 11.7. The molecule has 0 fully saturated rings. The second kappa shape index (κ2) is 7.24. The van der Waals surface area contributed by atoms with E-state index in [9.17, 15) is 9.18 Å². The summed E-state index contributed by atoms with van der Waals surface area (Å²) in [4.78, 5) is 10.7. The van der Waals surface area contributed by atoms with E-state index in [1.165, 1.54) is 12.1 Å². The second-order valence-electron chi connectivity index (χ2n) is 4.87. The Labute approximate surface area is 113 Å². The van der Waals surface area contributed by atoms with Crippen molar-refractivity contribution in [1.82, 2.24) is 5.32 Å². The molecule has 4 heteroatoms. The number of nitrogens with one attached hydrogen (secondary N) is 1.